The molecule has 0 aliphatic carbocycles. The Bertz CT molecular complexity index is 5530. The van der Waals surface area contributed by atoms with E-state index < -0.39 is 11.9 Å². The van der Waals surface area contributed by atoms with Crippen molar-refractivity contribution in [3.05, 3.63) is 253 Å². The van der Waals surface area contributed by atoms with E-state index in [0.717, 1.165) is 130 Å². The number of aliphatic carboxylic acids is 1. The molecule has 0 radical (unpaired) electrons. The van der Waals surface area contributed by atoms with E-state index in [0.29, 0.717) is 79.4 Å². The number of aromatic nitrogens is 4. The summed E-state index contributed by atoms with van der Waals surface area (Å²) < 4.78 is 23.1. The van der Waals surface area contributed by atoms with Crippen molar-refractivity contribution in [2.24, 2.45) is 0 Å². The second-order valence-corrected chi connectivity index (χ2v) is 26.6. The van der Waals surface area contributed by atoms with Gasteiger partial charge in [-0.2, -0.15) is 0 Å². The second-order valence-electron chi connectivity index (χ2n) is 25.7. The van der Waals surface area contributed by atoms with Crippen molar-refractivity contribution in [3.63, 3.8) is 0 Å². The number of likely N-dealkylation sites (N-methyl/N-ethyl adjacent to an activating group) is 1. The van der Waals surface area contributed by atoms with Crippen LogP contribution >= 0.6 is 15.9 Å². The van der Waals surface area contributed by atoms with Crippen LogP contribution in [0.25, 0.3) is 62.1 Å². The van der Waals surface area contributed by atoms with Crippen LogP contribution in [0.15, 0.2) is 186 Å². The number of aromatic carboxylic acids is 1. The van der Waals surface area contributed by atoms with Gasteiger partial charge in [0.05, 0.1) is 13.1 Å². The van der Waals surface area contributed by atoms with E-state index in [1.54, 1.807) is 56.7 Å². The van der Waals surface area contributed by atoms with Gasteiger partial charge >= 0.3 is 11.9 Å². The monoisotopic (exact) mass is 1550 g/mol. The summed E-state index contributed by atoms with van der Waals surface area (Å²) in [5.74, 6) is 2.60. The van der Waals surface area contributed by atoms with Crippen LogP contribution in [0.4, 0.5) is 23.3 Å². The highest BCUT2D eigenvalue weighted by atomic mass is 79.9. The van der Waals surface area contributed by atoms with Gasteiger partial charge in [-0.3, -0.25) is 28.8 Å². The number of allylic oxidation sites excluding steroid dienone is 1. The minimum Gasteiger partial charge on any atom is -0.478 e. The fourth-order valence-electron chi connectivity index (χ4n) is 12.1. The average Bonchev–Trinajstić information content (AvgIpc) is 1.66. The summed E-state index contributed by atoms with van der Waals surface area (Å²) in [7, 11) is 5.27. The van der Waals surface area contributed by atoms with Gasteiger partial charge in [0.2, 0.25) is 35.3 Å². The molecule has 0 fully saturated rings. The lowest BCUT2D eigenvalue weighted by Crippen LogP contribution is -2.24. The fraction of sp³-hybridized carbons (Fsp3) is 0.214. The van der Waals surface area contributed by atoms with Crippen molar-refractivity contribution < 1.29 is 66.2 Å². The number of rotatable bonds is 11. The minimum atomic E-state index is -1.02. The molecular weight excluding hydrogens is 1470 g/mol. The molecule has 16 rings (SSSR count). The van der Waals surface area contributed by atoms with Crippen LogP contribution in [0.5, 0.6) is 0 Å². The first-order valence-corrected chi connectivity index (χ1v) is 36.0. The summed E-state index contributed by atoms with van der Waals surface area (Å²) in [6.07, 6.45) is 21.3. The average molecular weight is 1550 g/mol. The maximum Gasteiger partial charge on any atom is 0.372 e. The Kier molecular flexibility index (Phi) is 27.2. The fourth-order valence-corrected chi connectivity index (χ4v) is 12.5. The number of hydrogen-bond acceptors (Lipinski definition) is 17. The minimum absolute atomic E-state index is 0.0130. The molecule has 12 heterocycles. The van der Waals surface area contributed by atoms with E-state index in [1.807, 2.05) is 143 Å². The highest BCUT2D eigenvalue weighted by Gasteiger charge is 2.22. The molecule has 0 atom stereocenters. The summed E-state index contributed by atoms with van der Waals surface area (Å²) in [4.78, 5) is 108. The molecule has 0 saturated carbocycles. The third-order valence-corrected chi connectivity index (χ3v) is 18.3. The number of nitrogens with one attached hydrogen (secondary N) is 6. The van der Waals surface area contributed by atoms with Crippen molar-refractivity contribution in [2.45, 2.75) is 99.1 Å². The van der Waals surface area contributed by atoms with Crippen LogP contribution in [0.3, 0.4) is 0 Å². The van der Waals surface area contributed by atoms with Gasteiger partial charge < -0.3 is 64.7 Å². The molecule has 8 N–H and O–H groups in total. The quantitative estimate of drug-likeness (QED) is 0.0558. The van der Waals surface area contributed by atoms with Gasteiger partial charge in [-0.25, -0.2) is 29.5 Å². The van der Waals surface area contributed by atoms with Gasteiger partial charge in [-0.15, -0.1) is 0 Å². The van der Waals surface area contributed by atoms with Gasteiger partial charge in [0.25, 0.3) is 5.91 Å². The first-order chi connectivity index (χ1) is 53.0. The summed E-state index contributed by atoms with van der Waals surface area (Å²) >= 11 is 3.33. The van der Waals surface area contributed by atoms with Crippen LogP contribution in [-0.2, 0) is 67.5 Å². The molecule has 8 aromatic heterocycles. The third-order valence-electron chi connectivity index (χ3n) is 17.9. The maximum absolute atomic E-state index is 12.5. The van der Waals surface area contributed by atoms with Crippen molar-refractivity contribution in [3.8, 4) is 0 Å². The maximum atomic E-state index is 12.5. The number of halogens is 1. The number of fused-ring (bicyclic) bond motifs is 8. The summed E-state index contributed by atoms with van der Waals surface area (Å²) in [5.41, 5.74) is 13.8. The lowest BCUT2D eigenvalue weighted by molar-refractivity contribution is -0.131. The van der Waals surface area contributed by atoms with Crippen LogP contribution in [0.2, 0.25) is 0 Å². The van der Waals surface area contributed by atoms with E-state index in [4.69, 9.17) is 27.9 Å². The molecule has 0 bridgehead atoms. The molecule has 6 amide bonds. The Morgan fingerprint density at radius 3 is 1.25 bits per heavy atom. The van der Waals surface area contributed by atoms with Crippen molar-refractivity contribution in [1.29, 1.82) is 0 Å². The summed E-state index contributed by atoms with van der Waals surface area (Å²) in [6.45, 7) is 10.9. The Morgan fingerprint density at radius 1 is 0.482 bits per heavy atom. The number of carboxylic acids is 2. The van der Waals surface area contributed by atoms with E-state index in [1.165, 1.54) is 29.3 Å². The number of hydrogen-bond donors (Lipinski definition) is 8. The molecular formula is C84H82BrN11O14. The predicted molar refractivity (Wildman–Crippen MR) is 426 cm³/mol. The molecule has 4 aliphatic rings. The Hall–Kier alpha value is -12.9. The highest BCUT2D eigenvalue weighted by Crippen LogP contribution is 2.31. The number of pyridine rings is 4. The van der Waals surface area contributed by atoms with Crippen molar-refractivity contribution in [1.82, 2.24) is 35.5 Å². The molecule has 4 aromatic carbocycles. The molecule has 564 valence electrons. The smallest absolute Gasteiger partial charge is 0.372 e. The van der Waals surface area contributed by atoms with E-state index in [-0.39, 0.29) is 41.2 Å². The van der Waals surface area contributed by atoms with Crippen LogP contribution in [0, 0.1) is 27.7 Å². The molecule has 0 saturated heterocycles. The van der Waals surface area contributed by atoms with Gasteiger partial charge in [-0.1, -0.05) is 84.9 Å². The van der Waals surface area contributed by atoms with Gasteiger partial charge in [0, 0.05) is 119 Å². The number of amides is 6. The first kappa shape index (κ1) is 79.6. The number of para-hydroxylation sites is 4. The number of carbonyl (C=O) groups excluding carboxylic acids is 6. The normalized spacial score (nSPS) is 13.1. The molecule has 12 aromatic rings. The first-order valence-electron chi connectivity index (χ1n) is 35.2. The molecule has 0 spiro atoms. The topological polar surface area (TPSA) is 357 Å². The Balaban J connectivity index is 0.000000140. The van der Waals surface area contributed by atoms with Gasteiger partial charge in [-0.05, 0) is 188 Å². The summed E-state index contributed by atoms with van der Waals surface area (Å²) in [5, 5.41) is 37.9. The van der Waals surface area contributed by atoms with Crippen LogP contribution in [-0.4, -0.2) is 104 Å². The number of benzene rings is 4. The van der Waals surface area contributed by atoms with E-state index >= 15 is 0 Å². The zero-order valence-corrected chi connectivity index (χ0v) is 63.4. The number of furan rings is 4. The Labute approximate surface area is 641 Å². The number of anilines is 4. The van der Waals surface area contributed by atoms with Gasteiger partial charge in [0.15, 0.2) is 5.76 Å². The molecule has 0 unspecified atom stereocenters. The van der Waals surface area contributed by atoms with E-state index in [9.17, 15) is 38.4 Å². The zero-order valence-electron chi connectivity index (χ0n) is 61.8. The van der Waals surface area contributed by atoms with E-state index in [2.05, 4.69) is 86.8 Å². The lowest BCUT2D eigenvalue weighted by Gasteiger charge is -2.16. The summed E-state index contributed by atoms with van der Waals surface area (Å²) in [6, 6.07) is 38.7. The molecule has 25 nitrogen and oxygen atoms in total. The predicted octanol–water partition coefficient (Wildman–Crippen LogP) is 15.5. The number of nitrogens with zero attached hydrogens (tertiary/aromatic N) is 5. The standard InChI is InChI=1S/C22H21N3O3.C11H10N2O3.C11H12N2O.C11H11NO2.C11H13NO.C10H8O3.C8H7BrN2O/c1-14-17-5-3-4-6-18(17)28-19(14)13-25(2)21(27)10-7-15-11-16-8-9-20(26)24-22(16)23-12-15;14-9-3-2-8-5-7(1-4-10(15)16)6-12-11(8)13-9;1-2-3-8-6-9-4-5-10(14)13-11(9)12-7-8;1-7-8-5-3-4-6-9(8)14-10(7)11(13)12-2;1-8-9-5-3-4-6-10(9)13-11(8)7-12-2;1-6-7-4-2-3-5-8(7)13-9(6)10(11)12;9-6-3-5-1-2-7(12)11-8(5)10-4-6/h3-7,10-12H,8-9,13H2,1-2H3,(H,23,24,26);1,4-6H,2-3H2,(H,15,16)(H,12,13,14);2-3,6-7H,4-5H2,1H3,(H,12,13,14);3-6H,1-2H3,(H,12,13);3-6,12H,7H2,1-2H3;2-5H,1H3,(H,11,12);3-4H,1-2H2,(H,10,11,12)/b10-7+;4-1+;3-2+;;;;. The number of carboxylic acid groups (broad SMARTS) is 2. The number of carbonyl (C=O) groups is 8. The molecule has 4 aliphatic heterocycles. The molecule has 110 heavy (non-hydrogen) atoms. The second kappa shape index (κ2) is 37.5. The highest BCUT2D eigenvalue weighted by molar-refractivity contribution is 9.10. The lowest BCUT2D eigenvalue weighted by atomic mass is 10.0. The number of aryl methyl sites for hydroxylation is 8. The van der Waals surface area contributed by atoms with Crippen LogP contribution in [0.1, 0.15) is 126 Å². The van der Waals surface area contributed by atoms with Crippen molar-refractivity contribution >= 4 is 149 Å². The Morgan fingerprint density at radius 2 is 0.845 bits per heavy atom. The van der Waals surface area contributed by atoms with Gasteiger partial charge in [0.1, 0.15) is 57.1 Å². The third kappa shape index (κ3) is 20.8. The van der Waals surface area contributed by atoms with Crippen molar-refractivity contribution in [2.75, 3.05) is 42.4 Å². The zero-order chi connectivity index (χ0) is 78.5. The SMILES string of the molecule is C/C=C/c1cnc2c(c1)CCC(=O)N2.CNC(=O)c1oc2ccccc2c1C.CNCc1oc2ccccc2c1C.Cc1c(C(=O)O)oc2ccccc12.Cc1c(CN(C)C(=O)/C=C/c2cnc3c(c2)CCC(=O)N3)oc2ccccc12.O=C(O)/C=C/c1cnc2c(c1)CCC(=O)N2.O=C1CCc2cc(Br)cnc2N1. The molecule has 26 heteroatoms. The van der Waals surface area contributed by atoms with Crippen LogP contribution < -0.4 is 31.9 Å². The largest absolute Gasteiger partial charge is 0.478 e.